The van der Waals surface area contributed by atoms with Gasteiger partial charge in [0.1, 0.15) is 9.90 Å². The van der Waals surface area contributed by atoms with E-state index in [2.05, 4.69) is 20.2 Å². The van der Waals surface area contributed by atoms with Gasteiger partial charge in [-0.2, -0.15) is 0 Å². The number of hydrogen-bond acceptors (Lipinski definition) is 7. The van der Waals surface area contributed by atoms with Crippen LogP contribution in [0.25, 0.3) is 10.9 Å². The van der Waals surface area contributed by atoms with E-state index in [1.54, 1.807) is 42.3 Å². The quantitative estimate of drug-likeness (QED) is 0.126. The Morgan fingerprint density at radius 2 is 1.94 bits per heavy atom. The number of oxime groups is 1. The van der Waals surface area contributed by atoms with Crippen LogP contribution in [0.3, 0.4) is 0 Å². The third-order valence-corrected chi connectivity index (χ3v) is 9.83. The Balaban J connectivity index is 1.50. The monoisotopic (exact) mass is 542 g/mol. The second kappa shape index (κ2) is 11.2. The molecule has 1 amide bonds. The smallest absolute Gasteiger partial charge is 0.271 e. The van der Waals surface area contributed by atoms with Gasteiger partial charge in [-0.05, 0) is 54.1 Å². The van der Waals surface area contributed by atoms with Gasteiger partial charge in [0.05, 0.1) is 22.7 Å². The molecule has 2 aromatic carbocycles. The number of benzene rings is 2. The number of carbonyl (C=O) groups is 1. The van der Waals surface area contributed by atoms with Gasteiger partial charge in [-0.15, -0.1) is 28.3 Å². The van der Waals surface area contributed by atoms with Crippen molar-refractivity contribution in [3.63, 3.8) is 0 Å². The second-order valence-corrected chi connectivity index (χ2v) is 12.2. The molecule has 0 bridgehead atoms. The number of carbonyl (C=O) groups excluding carboxylic acids is 1. The molecule has 0 radical (unpaired) electrons. The zero-order chi connectivity index (χ0) is 25.7. The highest BCUT2D eigenvalue weighted by atomic mass is 32.2. The van der Waals surface area contributed by atoms with Crippen LogP contribution in [0.15, 0.2) is 69.3 Å². The van der Waals surface area contributed by atoms with Crippen molar-refractivity contribution in [2.45, 2.75) is 29.1 Å². The van der Waals surface area contributed by atoms with Crippen LogP contribution >= 0.6 is 23.1 Å². The van der Waals surface area contributed by atoms with E-state index < -0.39 is 10.0 Å². The van der Waals surface area contributed by atoms with Crippen LogP contribution in [-0.2, 0) is 15.8 Å². The fourth-order valence-corrected chi connectivity index (χ4v) is 7.12. The van der Waals surface area contributed by atoms with Crippen molar-refractivity contribution in [3.05, 3.63) is 82.4 Å². The van der Waals surface area contributed by atoms with Crippen molar-refractivity contribution < 1.29 is 18.4 Å². The molecule has 8 nitrogen and oxygen atoms in total. The minimum absolute atomic E-state index is 0.235. The van der Waals surface area contributed by atoms with Gasteiger partial charge in [0.25, 0.3) is 15.9 Å². The Labute approximate surface area is 217 Å². The lowest BCUT2D eigenvalue weighted by atomic mass is 10.1. The first-order valence-electron chi connectivity index (χ1n) is 11.1. The van der Waals surface area contributed by atoms with Crippen LogP contribution in [0.2, 0.25) is 0 Å². The number of thiophene rings is 1. The third-order valence-electron chi connectivity index (χ3n) is 5.56. The highest BCUT2D eigenvalue weighted by Crippen LogP contribution is 2.30. The van der Waals surface area contributed by atoms with E-state index in [4.69, 9.17) is 5.21 Å². The van der Waals surface area contributed by atoms with Crippen molar-refractivity contribution in [2.24, 2.45) is 5.16 Å². The summed E-state index contributed by atoms with van der Waals surface area (Å²) in [6.07, 6.45) is 1.39. The van der Waals surface area contributed by atoms with Crippen LogP contribution in [0.4, 0.5) is 5.69 Å². The Bertz CT molecular complexity index is 1490. The number of fused-ring (bicyclic) bond motifs is 1. The predicted octanol–water partition coefficient (Wildman–Crippen LogP) is 5.14. The number of rotatable bonds is 10. The standard InChI is InChI=1S/C25H26N4O4S3/c1-16-8-9-21(29-36(32,33)25-17(2)10-11-34-25)23-20(16)12-22(28-23)24(30)26-13-19(14-27-31)35-15-18-6-4-3-5-7-18/h3-12,14,19,28-29,31H,13,15H2,1-2H3,(H,26,30). The molecule has 0 saturated carbocycles. The van der Waals surface area contributed by atoms with Gasteiger partial charge in [-0.25, -0.2) is 8.42 Å². The summed E-state index contributed by atoms with van der Waals surface area (Å²) in [5, 5.41) is 17.3. The van der Waals surface area contributed by atoms with Crippen molar-refractivity contribution in [2.75, 3.05) is 11.3 Å². The summed E-state index contributed by atoms with van der Waals surface area (Å²) in [5.41, 5.74) is 3.91. The van der Waals surface area contributed by atoms with E-state index in [9.17, 15) is 13.2 Å². The van der Waals surface area contributed by atoms with E-state index in [1.165, 1.54) is 6.21 Å². The number of anilines is 1. The summed E-state index contributed by atoms with van der Waals surface area (Å²) in [6.45, 7) is 3.90. The molecule has 0 aliphatic rings. The van der Waals surface area contributed by atoms with E-state index in [0.717, 1.165) is 27.8 Å². The first kappa shape index (κ1) is 25.8. The van der Waals surface area contributed by atoms with Gasteiger partial charge in [-0.1, -0.05) is 36.4 Å². The Kier molecular flexibility index (Phi) is 8.02. The molecule has 0 spiro atoms. The number of aromatic nitrogens is 1. The molecule has 11 heteroatoms. The molecule has 36 heavy (non-hydrogen) atoms. The van der Waals surface area contributed by atoms with Crippen molar-refractivity contribution in [3.8, 4) is 0 Å². The summed E-state index contributed by atoms with van der Waals surface area (Å²) in [5.74, 6) is 0.358. The maximum atomic E-state index is 12.9. The number of hydrogen-bond donors (Lipinski definition) is 4. The number of sulfonamides is 1. The molecule has 0 fully saturated rings. The van der Waals surface area contributed by atoms with Gasteiger partial charge in [-0.3, -0.25) is 9.52 Å². The van der Waals surface area contributed by atoms with Gasteiger partial charge in [0.2, 0.25) is 0 Å². The van der Waals surface area contributed by atoms with Crippen LogP contribution in [0.5, 0.6) is 0 Å². The summed E-state index contributed by atoms with van der Waals surface area (Å²) < 4.78 is 28.8. The Morgan fingerprint density at radius 3 is 2.64 bits per heavy atom. The number of aryl methyl sites for hydroxylation is 2. The molecule has 0 aliphatic carbocycles. The molecule has 4 N–H and O–H groups in total. The molecule has 1 unspecified atom stereocenters. The minimum atomic E-state index is -3.77. The molecule has 4 rings (SSSR count). The van der Waals surface area contributed by atoms with Crippen LogP contribution in [0.1, 0.15) is 27.2 Å². The average Bonchev–Trinajstić information content (AvgIpc) is 3.51. The van der Waals surface area contributed by atoms with Crippen LogP contribution in [-0.4, -0.2) is 42.5 Å². The number of thioether (sulfide) groups is 1. The van der Waals surface area contributed by atoms with E-state index in [0.29, 0.717) is 28.2 Å². The molecule has 2 heterocycles. The Hall–Kier alpha value is -3.28. The highest BCUT2D eigenvalue weighted by Gasteiger charge is 2.21. The van der Waals surface area contributed by atoms with Gasteiger partial charge < -0.3 is 15.5 Å². The zero-order valence-electron chi connectivity index (χ0n) is 19.7. The first-order valence-corrected chi connectivity index (χ1v) is 14.5. The summed E-state index contributed by atoms with van der Waals surface area (Å²) >= 11 is 2.70. The lowest BCUT2D eigenvalue weighted by molar-refractivity contribution is 0.0951. The number of nitrogens with zero attached hydrogens (tertiary/aromatic N) is 1. The molecule has 4 aromatic rings. The average molecular weight is 543 g/mol. The van der Waals surface area contributed by atoms with Crippen LogP contribution < -0.4 is 10.0 Å². The Morgan fingerprint density at radius 1 is 1.17 bits per heavy atom. The van der Waals surface area contributed by atoms with Crippen molar-refractivity contribution in [1.82, 2.24) is 10.3 Å². The van der Waals surface area contributed by atoms with Crippen molar-refractivity contribution >= 4 is 61.8 Å². The molecule has 2 aromatic heterocycles. The van der Waals surface area contributed by atoms with Crippen LogP contribution in [0, 0.1) is 13.8 Å². The molecule has 0 aliphatic heterocycles. The first-order chi connectivity index (χ1) is 17.3. The number of H-pyrrole nitrogens is 1. The lowest BCUT2D eigenvalue weighted by Gasteiger charge is -2.12. The minimum Gasteiger partial charge on any atom is -0.411 e. The molecule has 188 valence electrons. The van der Waals surface area contributed by atoms with Gasteiger partial charge in [0.15, 0.2) is 0 Å². The fourth-order valence-electron chi connectivity index (χ4n) is 3.69. The predicted molar refractivity (Wildman–Crippen MR) is 147 cm³/mol. The third kappa shape index (κ3) is 5.92. The lowest BCUT2D eigenvalue weighted by Crippen LogP contribution is -2.31. The number of nitrogens with one attached hydrogen (secondary N) is 3. The fraction of sp³-hybridized carbons (Fsp3) is 0.200. The summed E-state index contributed by atoms with van der Waals surface area (Å²) in [6, 6.07) is 16.8. The number of aromatic amines is 1. The largest absolute Gasteiger partial charge is 0.411 e. The second-order valence-electron chi connectivity index (χ2n) is 8.21. The normalized spacial score (nSPS) is 12.7. The SMILES string of the molecule is Cc1ccsc1S(=O)(=O)Nc1ccc(C)c2cc(C(=O)NCC(C=NO)SCc3ccccc3)[nH]c12. The van der Waals surface area contributed by atoms with E-state index in [1.807, 2.05) is 43.3 Å². The van der Waals surface area contributed by atoms with Gasteiger partial charge in [0, 0.05) is 17.7 Å². The van der Waals surface area contributed by atoms with E-state index >= 15 is 0 Å². The molecular weight excluding hydrogens is 517 g/mol. The zero-order valence-corrected chi connectivity index (χ0v) is 22.1. The summed E-state index contributed by atoms with van der Waals surface area (Å²) in [4.78, 5) is 16.0. The van der Waals surface area contributed by atoms with Crippen molar-refractivity contribution in [1.29, 1.82) is 0 Å². The highest BCUT2D eigenvalue weighted by molar-refractivity contribution is 7.99. The maximum Gasteiger partial charge on any atom is 0.271 e. The molecule has 1 atom stereocenters. The van der Waals surface area contributed by atoms with E-state index in [-0.39, 0.29) is 21.9 Å². The van der Waals surface area contributed by atoms with Gasteiger partial charge >= 0.3 is 0 Å². The summed E-state index contributed by atoms with van der Waals surface area (Å²) in [7, 11) is -3.77. The molecular formula is C25H26N4O4S3. The molecule has 0 saturated heterocycles. The maximum absolute atomic E-state index is 12.9. The number of amides is 1. The topological polar surface area (TPSA) is 124 Å².